The van der Waals surface area contributed by atoms with E-state index in [4.69, 9.17) is 15.9 Å². The van der Waals surface area contributed by atoms with E-state index in [1.54, 1.807) is 0 Å². The Morgan fingerprint density at radius 2 is 1.56 bits per heavy atom. The van der Waals surface area contributed by atoms with Gasteiger partial charge in [-0.15, -0.1) is 0 Å². The molecular weight excluding hydrogens is 514 g/mol. The van der Waals surface area contributed by atoms with Crippen LogP contribution in [0, 0.1) is 5.41 Å². The van der Waals surface area contributed by atoms with Gasteiger partial charge in [-0.05, 0) is 81.3 Å². The fourth-order valence-electron chi connectivity index (χ4n) is 5.60. The number of aryl methyl sites for hydroxylation is 2. The Bertz CT molecular complexity index is 1590. The van der Waals surface area contributed by atoms with Gasteiger partial charge in [-0.2, -0.15) is 0 Å². The zero-order valence-electron chi connectivity index (χ0n) is 24.0. The molecule has 2 amide bonds. The molecule has 8 nitrogen and oxygen atoms in total. The van der Waals surface area contributed by atoms with Crippen molar-refractivity contribution in [1.29, 1.82) is 5.41 Å². The number of carbonyl (C=O) groups excluding carboxylic acids is 2. The molecule has 1 aromatic heterocycles. The van der Waals surface area contributed by atoms with E-state index in [-0.39, 0.29) is 23.8 Å². The van der Waals surface area contributed by atoms with E-state index in [9.17, 15) is 9.59 Å². The molecule has 0 spiro atoms. The van der Waals surface area contributed by atoms with Crippen LogP contribution in [-0.4, -0.2) is 40.1 Å². The number of carbonyl (C=O) groups is 2. The number of aromatic nitrogens is 1. The Morgan fingerprint density at radius 3 is 2.24 bits per heavy atom. The van der Waals surface area contributed by atoms with Crippen LogP contribution in [0.5, 0.6) is 0 Å². The van der Waals surface area contributed by atoms with Crippen LogP contribution in [0.25, 0.3) is 21.7 Å². The highest BCUT2D eigenvalue weighted by atomic mass is 16.6. The van der Waals surface area contributed by atoms with Crippen LogP contribution in [-0.2, 0) is 17.7 Å². The van der Waals surface area contributed by atoms with E-state index in [2.05, 4.69) is 41.0 Å². The van der Waals surface area contributed by atoms with E-state index in [1.165, 1.54) is 16.3 Å². The summed E-state index contributed by atoms with van der Waals surface area (Å²) in [6.45, 7) is 6.15. The molecule has 1 saturated carbocycles. The average Bonchev–Trinajstić information content (AvgIpc) is 3.29. The SMILES string of the molecule is CC(C)(C)OC(=O)NC1CCC(NC(=O)c2cc3ccc(C(=N)N)cc3n2CCc2ccc3ccccc3c2)CC1. The lowest BCUT2D eigenvalue weighted by Gasteiger charge is -2.30. The second-order valence-corrected chi connectivity index (χ2v) is 12.0. The zero-order valence-corrected chi connectivity index (χ0v) is 24.0. The van der Waals surface area contributed by atoms with Gasteiger partial charge in [0.15, 0.2) is 0 Å². The number of fused-ring (bicyclic) bond motifs is 2. The third-order valence-corrected chi connectivity index (χ3v) is 7.67. The van der Waals surface area contributed by atoms with Crippen LogP contribution in [0.3, 0.4) is 0 Å². The van der Waals surface area contributed by atoms with Gasteiger partial charge in [-0.25, -0.2) is 4.79 Å². The minimum Gasteiger partial charge on any atom is -0.444 e. The van der Waals surface area contributed by atoms with Gasteiger partial charge >= 0.3 is 6.09 Å². The van der Waals surface area contributed by atoms with Crippen LogP contribution < -0.4 is 16.4 Å². The highest BCUT2D eigenvalue weighted by molar-refractivity contribution is 6.02. The molecule has 0 aliphatic heterocycles. The van der Waals surface area contributed by atoms with E-state index in [0.29, 0.717) is 17.8 Å². The number of amidine groups is 1. The number of amides is 2. The van der Waals surface area contributed by atoms with Gasteiger partial charge in [0.2, 0.25) is 0 Å². The number of ether oxygens (including phenoxy) is 1. The van der Waals surface area contributed by atoms with Crippen LogP contribution >= 0.6 is 0 Å². The maximum Gasteiger partial charge on any atom is 0.407 e. The standard InChI is InChI=1S/C33H39N5O3/c1-33(2,3)41-32(40)37-27-14-12-26(13-15-27)36-31(39)29-19-24-10-11-25(30(34)35)20-28(24)38(29)17-16-21-8-9-22-6-4-5-7-23(22)18-21/h4-11,18-20,26-27H,12-17H2,1-3H3,(H3,34,35)(H,36,39)(H,37,40). The van der Waals surface area contributed by atoms with E-state index in [1.807, 2.05) is 61.7 Å². The van der Waals surface area contributed by atoms with Crippen molar-refractivity contribution >= 4 is 39.5 Å². The second-order valence-electron chi connectivity index (χ2n) is 12.0. The van der Waals surface area contributed by atoms with E-state index < -0.39 is 11.7 Å². The molecule has 5 rings (SSSR count). The first kappa shape index (κ1) is 28.2. The molecular formula is C33H39N5O3. The molecule has 0 unspecified atom stereocenters. The second kappa shape index (κ2) is 11.6. The summed E-state index contributed by atoms with van der Waals surface area (Å²) in [4.78, 5) is 25.8. The summed E-state index contributed by atoms with van der Waals surface area (Å²) in [6.07, 6.45) is 3.45. The summed E-state index contributed by atoms with van der Waals surface area (Å²) in [7, 11) is 0. The predicted octanol–water partition coefficient (Wildman–Crippen LogP) is 5.89. The predicted molar refractivity (Wildman–Crippen MR) is 163 cm³/mol. The summed E-state index contributed by atoms with van der Waals surface area (Å²) < 4.78 is 7.43. The van der Waals surface area contributed by atoms with Crippen LogP contribution in [0.2, 0.25) is 0 Å². The Balaban J connectivity index is 1.31. The molecule has 1 fully saturated rings. The zero-order chi connectivity index (χ0) is 29.1. The lowest BCUT2D eigenvalue weighted by atomic mass is 9.91. The molecule has 214 valence electrons. The number of benzene rings is 3. The third-order valence-electron chi connectivity index (χ3n) is 7.67. The Hall–Kier alpha value is -4.33. The Kier molecular flexibility index (Phi) is 8.01. The maximum absolute atomic E-state index is 13.6. The molecule has 4 aromatic rings. The van der Waals surface area contributed by atoms with Crippen molar-refractivity contribution in [2.24, 2.45) is 5.73 Å². The fraction of sp³-hybridized carbons (Fsp3) is 0.364. The summed E-state index contributed by atoms with van der Waals surface area (Å²) in [5.41, 5.74) is 8.56. The smallest absolute Gasteiger partial charge is 0.407 e. The number of nitrogens with two attached hydrogens (primary N) is 1. The van der Waals surface area contributed by atoms with Crippen molar-refractivity contribution in [3.8, 4) is 0 Å². The Morgan fingerprint density at radius 1 is 0.902 bits per heavy atom. The van der Waals surface area contributed by atoms with Gasteiger partial charge in [0.1, 0.15) is 17.1 Å². The van der Waals surface area contributed by atoms with Crippen LogP contribution in [0.4, 0.5) is 4.79 Å². The van der Waals surface area contributed by atoms with Crippen molar-refractivity contribution in [2.45, 2.75) is 77.1 Å². The number of nitrogens with zero attached hydrogens (tertiary/aromatic N) is 1. The first-order chi connectivity index (χ1) is 19.6. The first-order valence-corrected chi connectivity index (χ1v) is 14.3. The summed E-state index contributed by atoms with van der Waals surface area (Å²) in [6, 6.07) is 22.4. The van der Waals surface area contributed by atoms with Gasteiger partial charge in [-0.3, -0.25) is 10.2 Å². The lowest BCUT2D eigenvalue weighted by Crippen LogP contribution is -2.45. The molecule has 1 heterocycles. The van der Waals surface area contributed by atoms with Gasteiger partial charge in [-0.1, -0.05) is 54.6 Å². The maximum atomic E-state index is 13.6. The molecule has 5 N–H and O–H groups in total. The summed E-state index contributed by atoms with van der Waals surface area (Å²) in [5, 5.41) is 17.4. The first-order valence-electron chi connectivity index (χ1n) is 14.3. The van der Waals surface area contributed by atoms with Crippen molar-refractivity contribution < 1.29 is 14.3 Å². The normalized spacial score (nSPS) is 17.3. The number of hydrogen-bond acceptors (Lipinski definition) is 4. The molecule has 3 aromatic carbocycles. The molecule has 0 atom stereocenters. The largest absolute Gasteiger partial charge is 0.444 e. The lowest BCUT2D eigenvalue weighted by molar-refractivity contribution is 0.0488. The van der Waals surface area contributed by atoms with Gasteiger partial charge in [0.25, 0.3) is 5.91 Å². The molecule has 1 aliphatic rings. The number of nitrogen functional groups attached to an aromatic ring is 1. The minimum absolute atomic E-state index is 0.00284. The number of nitrogens with one attached hydrogen (secondary N) is 3. The number of hydrogen-bond donors (Lipinski definition) is 4. The minimum atomic E-state index is -0.535. The van der Waals surface area contributed by atoms with Crippen molar-refractivity contribution in [1.82, 2.24) is 15.2 Å². The van der Waals surface area contributed by atoms with Gasteiger partial charge < -0.3 is 25.7 Å². The fourth-order valence-corrected chi connectivity index (χ4v) is 5.60. The summed E-state index contributed by atoms with van der Waals surface area (Å²) >= 11 is 0. The number of alkyl carbamates (subject to hydrolysis) is 1. The summed E-state index contributed by atoms with van der Waals surface area (Å²) in [5.74, 6) is -0.121. The van der Waals surface area contributed by atoms with Crippen molar-refractivity contribution in [2.75, 3.05) is 0 Å². The van der Waals surface area contributed by atoms with Gasteiger partial charge in [0.05, 0.1) is 0 Å². The molecule has 0 radical (unpaired) electrons. The van der Waals surface area contributed by atoms with Crippen LogP contribution in [0.1, 0.15) is 68.1 Å². The molecule has 0 saturated heterocycles. The molecule has 1 aliphatic carbocycles. The van der Waals surface area contributed by atoms with E-state index in [0.717, 1.165) is 43.0 Å². The molecule has 41 heavy (non-hydrogen) atoms. The van der Waals surface area contributed by atoms with Crippen LogP contribution in [0.15, 0.2) is 66.7 Å². The quantitative estimate of drug-likeness (QED) is 0.168. The highest BCUT2D eigenvalue weighted by Gasteiger charge is 2.27. The van der Waals surface area contributed by atoms with Crippen molar-refractivity contribution in [3.05, 3.63) is 83.6 Å². The molecule has 8 heteroatoms. The third kappa shape index (κ3) is 6.88. The van der Waals surface area contributed by atoms with Gasteiger partial charge in [0, 0.05) is 35.1 Å². The van der Waals surface area contributed by atoms with Crippen molar-refractivity contribution in [3.63, 3.8) is 0 Å². The molecule has 0 bridgehead atoms. The topological polar surface area (TPSA) is 122 Å². The monoisotopic (exact) mass is 553 g/mol. The van der Waals surface area contributed by atoms with E-state index >= 15 is 0 Å². The Labute approximate surface area is 240 Å². The highest BCUT2D eigenvalue weighted by Crippen LogP contribution is 2.25. The number of rotatable bonds is 7. The average molecular weight is 554 g/mol.